The quantitative estimate of drug-likeness (QED) is 0.813. The molecular weight excluding hydrogens is 277 g/mol. The minimum Gasteiger partial charge on any atom is -0.223 e. The molecule has 0 saturated carbocycles. The van der Waals surface area contributed by atoms with Crippen molar-refractivity contribution < 1.29 is 21.6 Å². The van der Waals surface area contributed by atoms with Crippen molar-refractivity contribution in [3.63, 3.8) is 0 Å². The number of sulfone groups is 1. The highest BCUT2D eigenvalue weighted by atomic mass is 32.2. The van der Waals surface area contributed by atoms with E-state index >= 15 is 0 Å². The summed E-state index contributed by atoms with van der Waals surface area (Å²) in [6.45, 7) is 0. The zero-order valence-corrected chi connectivity index (χ0v) is 10.4. The van der Waals surface area contributed by atoms with Crippen LogP contribution in [0, 0.1) is 17.5 Å². The van der Waals surface area contributed by atoms with Crippen molar-refractivity contribution in [3.8, 4) is 0 Å². The Morgan fingerprint density at radius 1 is 0.789 bits per heavy atom. The molecule has 19 heavy (non-hydrogen) atoms. The van der Waals surface area contributed by atoms with Crippen LogP contribution in [0.5, 0.6) is 0 Å². The van der Waals surface area contributed by atoms with Crippen LogP contribution in [0.3, 0.4) is 0 Å². The molecule has 0 saturated heterocycles. The molecule has 0 N–H and O–H groups in total. The van der Waals surface area contributed by atoms with Crippen LogP contribution in [-0.2, 0) is 15.6 Å². The molecule has 2 rings (SSSR count). The second kappa shape index (κ2) is 5.05. The molecule has 0 unspecified atom stereocenters. The molecule has 0 aliphatic carbocycles. The summed E-state index contributed by atoms with van der Waals surface area (Å²) in [5.41, 5.74) is 0.00169. The average molecular weight is 286 g/mol. The number of hydrogen-bond donors (Lipinski definition) is 0. The maximum atomic E-state index is 13.0. The van der Waals surface area contributed by atoms with Crippen LogP contribution in [0.25, 0.3) is 0 Å². The van der Waals surface area contributed by atoms with Crippen molar-refractivity contribution in [3.05, 3.63) is 65.5 Å². The Morgan fingerprint density at radius 2 is 1.32 bits per heavy atom. The van der Waals surface area contributed by atoms with Gasteiger partial charge in [-0.05, 0) is 42.0 Å². The van der Waals surface area contributed by atoms with Crippen molar-refractivity contribution in [1.29, 1.82) is 0 Å². The van der Waals surface area contributed by atoms with Gasteiger partial charge in [-0.15, -0.1) is 0 Å². The van der Waals surface area contributed by atoms with Gasteiger partial charge < -0.3 is 0 Å². The molecule has 0 atom stereocenters. The predicted octanol–water partition coefficient (Wildman–Crippen LogP) is 3.08. The van der Waals surface area contributed by atoms with E-state index in [0.29, 0.717) is 6.07 Å². The van der Waals surface area contributed by atoms with Gasteiger partial charge in [0.1, 0.15) is 17.5 Å². The molecule has 100 valence electrons. The smallest absolute Gasteiger partial charge is 0.182 e. The summed E-state index contributed by atoms with van der Waals surface area (Å²) >= 11 is 0. The summed E-state index contributed by atoms with van der Waals surface area (Å²) < 4.78 is 62.6. The molecule has 0 aliphatic heterocycles. The second-order valence-electron chi connectivity index (χ2n) is 3.99. The Bertz CT molecular complexity index is 674. The molecule has 6 heteroatoms. The molecule has 2 aromatic carbocycles. The van der Waals surface area contributed by atoms with Crippen molar-refractivity contribution in [2.45, 2.75) is 10.6 Å². The van der Waals surface area contributed by atoms with E-state index in [1.807, 2.05) is 0 Å². The number of halogens is 3. The third-order valence-electron chi connectivity index (χ3n) is 2.45. The highest BCUT2D eigenvalue weighted by Gasteiger charge is 2.16. The molecule has 0 fully saturated rings. The topological polar surface area (TPSA) is 34.1 Å². The van der Waals surface area contributed by atoms with E-state index in [0.717, 1.165) is 36.4 Å². The van der Waals surface area contributed by atoms with Crippen LogP contribution >= 0.6 is 0 Å². The van der Waals surface area contributed by atoms with Gasteiger partial charge in [-0.1, -0.05) is 0 Å². The van der Waals surface area contributed by atoms with Crippen LogP contribution in [0.2, 0.25) is 0 Å². The zero-order chi connectivity index (χ0) is 14.0. The van der Waals surface area contributed by atoms with Crippen LogP contribution < -0.4 is 0 Å². The Hall–Kier alpha value is -1.82. The largest absolute Gasteiger partial charge is 0.223 e. The van der Waals surface area contributed by atoms with E-state index < -0.39 is 33.0 Å². The maximum absolute atomic E-state index is 13.0. The van der Waals surface area contributed by atoms with Gasteiger partial charge in [0.15, 0.2) is 9.84 Å². The fraction of sp³-hybridized carbons (Fsp3) is 0.0769. The summed E-state index contributed by atoms with van der Waals surface area (Å²) in [6.07, 6.45) is 0. The molecule has 0 aliphatic rings. The van der Waals surface area contributed by atoms with Gasteiger partial charge in [0.05, 0.1) is 10.6 Å². The zero-order valence-electron chi connectivity index (χ0n) is 9.61. The molecule has 0 heterocycles. The first-order valence-electron chi connectivity index (χ1n) is 5.30. The lowest BCUT2D eigenvalue weighted by Crippen LogP contribution is -2.05. The van der Waals surface area contributed by atoms with Gasteiger partial charge in [0.2, 0.25) is 0 Å². The molecule has 0 aromatic heterocycles. The molecule has 2 nitrogen and oxygen atoms in total. The summed E-state index contributed by atoms with van der Waals surface area (Å²) in [5.74, 6) is -2.79. The minimum absolute atomic E-state index is 0.00169. The first kappa shape index (κ1) is 13.6. The third-order valence-corrected chi connectivity index (χ3v) is 4.16. The fourth-order valence-electron chi connectivity index (χ4n) is 1.64. The molecule has 0 amide bonds. The number of rotatable bonds is 3. The fourth-order valence-corrected chi connectivity index (χ4v) is 2.96. The number of benzene rings is 2. The van der Waals surface area contributed by atoms with Crippen LogP contribution in [-0.4, -0.2) is 8.42 Å². The van der Waals surface area contributed by atoms with Crippen molar-refractivity contribution in [2.24, 2.45) is 0 Å². The molecule has 0 radical (unpaired) electrons. The Balaban J connectivity index is 2.33. The van der Waals surface area contributed by atoms with Crippen molar-refractivity contribution in [2.75, 3.05) is 0 Å². The first-order chi connectivity index (χ1) is 8.87. The highest BCUT2D eigenvalue weighted by Crippen LogP contribution is 2.18. The van der Waals surface area contributed by atoms with E-state index in [1.165, 1.54) is 0 Å². The predicted molar refractivity (Wildman–Crippen MR) is 63.6 cm³/mol. The number of hydrogen-bond acceptors (Lipinski definition) is 2. The maximum Gasteiger partial charge on any atom is 0.182 e. The summed E-state index contributed by atoms with van der Waals surface area (Å²) in [6, 6.07) is 6.81. The van der Waals surface area contributed by atoms with Gasteiger partial charge in [-0.2, -0.15) is 0 Å². The van der Waals surface area contributed by atoms with E-state index in [4.69, 9.17) is 0 Å². The minimum atomic E-state index is -3.76. The Morgan fingerprint density at radius 3 is 1.84 bits per heavy atom. The lowest BCUT2D eigenvalue weighted by molar-refractivity contribution is 0.579. The summed E-state index contributed by atoms with van der Waals surface area (Å²) in [7, 11) is -3.76. The van der Waals surface area contributed by atoms with Crippen LogP contribution in [0.4, 0.5) is 13.2 Å². The average Bonchev–Trinajstić information content (AvgIpc) is 2.27. The Labute approximate surface area is 108 Å². The van der Waals surface area contributed by atoms with Gasteiger partial charge in [0.25, 0.3) is 0 Å². The second-order valence-corrected chi connectivity index (χ2v) is 5.98. The third kappa shape index (κ3) is 3.35. The molecule has 2 aromatic rings. The molecule has 0 spiro atoms. The van der Waals surface area contributed by atoms with Gasteiger partial charge in [-0.3, -0.25) is 0 Å². The van der Waals surface area contributed by atoms with E-state index in [-0.39, 0.29) is 10.5 Å². The van der Waals surface area contributed by atoms with Crippen LogP contribution in [0.15, 0.2) is 47.4 Å². The highest BCUT2D eigenvalue weighted by molar-refractivity contribution is 7.90. The standard InChI is InChI=1S/C13H9F3O2S/c14-10-1-3-13(4-2-10)19(17,18)8-9-5-11(15)7-12(16)6-9/h1-7H,8H2. The molecule has 0 bridgehead atoms. The van der Waals surface area contributed by atoms with Gasteiger partial charge in [-0.25, -0.2) is 21.6 Å². The SMILES string of the molecule is O=S(=O)(Cc1cc(F)cc(F)c1)c1ccc(F)cc1. The van der Waals surface area contributed by atoms with Crippen LogP contribution in [0.1, 0.15) is 5.56 Å². The van der Waals surface area contributed by atoms with Gasteiger partial charge in [0, 0.05) is 6.07 Å². The lowest BCUT2D eigenvalue weighted by atomic mass is 10.2. The normalized spacial score (nSPS) is 11.5. The molecular formula is C13H9F3O2S. The summed E-state index contributed by atoms with van der Waals surface area (Å²) in [4.78, 5) is -0.0985. The van der Waals surface area contributed by atoms with E-state index in [2.05, 4.69) is 0 Å². The van der Waals surface area contributed by atoms with Crippen molar-refractivity contribution in [1.82, 2.24) is 0 Å². The Kier molecular flexibility index (Phi) is 3.61. The summed E-state index contributed by atoms with van der Waals surface area (Å²) in [5, 5.41) is 0. The monoisotopic (exact) mass is 286 g/mol. The van der Waals surface area contributed by atoms with E-state index in [9.17, 15) is 21.6 Å². The van der Waals surface area contributed by atoms with E-state index in [1.54, 1.807) is 0 Å². The van der Waals surface area contributed by atoms with Gasteiger partial charge >= 0.3 is 0 Å². The first-order valence-corrected chi connectivity index (χ1v) is 6.95. The lowest BCUT2D eigenvalue weighted by Gasteiger charge is -2.05. The van der Waals surface area contributed by atoms with Crippen molar-refractivity contribution >= 4 is 9.84 Å².